The summed E-state index contributed by atoms with van der Waals surface area (Å²) in [5.74, 6) is 0.979. The topological polar surface area (TPSA) is 36.4 Å². The summed E-state index contributed by atoms with van der Waals surface area (Å²) in [4.78, 5) is 4.70. The van der Waals surface area contributed by atoms with Crippen molar-refractivity contribution in [3.05, 3.63) is 23.8 Å². The van der Waals surface area contributed by atoms with Crippen LogP contribution in [0.3, 0.4) is 0 Å². The van der Waals surface area contributed by atoms with Gasteiger partial charge in [0.1, 0.15) is 0 Å². The molecule has 0 aromatic carbocycles. The highest BCUT2D eigenvalue weighted by Gasteiger charge is 2.11. The van der Waals surface area contributed by atoms with Gasteiger partial charge in [0, 0.05) is 19.1 Å². The Balaban J connectivity index is 1.76. The Labute approximate surface area is 117 Å². The number of rotatable bonds is 5. The first-order chi connectivity index (χ1) is 9.38. The zero-order valence-corrected chi connectivity index (χ0v) is 12.1. The fourth-order valence-electron chi connectivity index (χ4n) is 2.69. The van der Waals surface area contributed by atoms with E-state index in [4.69, 9.17) is 4.99 Å². The average Bonchev–Trinajstić information content (AvgIpc) is 2.93. The van der Waals surface area contributed by atoms with Crippen LogP contribution in [0.1, 0.15) is 51.9 Å². The van der Waals surface area contributed by atoms with E-state index in [-0.39, 0.29) is 0 Å². The maximum atomic E-state index is 4.70. The molecule has 2 N–H and O–H groups in total. The largest absolute Gasteiger partial charge is 0.357 e. The zero-order valence-electron chi connectivity index (χ0n) is 12.1. The molecule has 0 unspecified atom stereocenters. The van der Waals surface area contributed by atoms with Crippen LogP contribution >= 0.6 is 0 Å². The van der Waals surface area contributed by atoms with Crippen LogP contribution in [0.5, 0.6) is 0 Å². The summed E-state index contributed by atoms with van der Waals surface area (Å²) in [5, 5.41) is 6.85. The van der Waals surface area contributed by atoms with Gasteiger partial charge in [-0.05, 0) is 51.9 Å². The van der Waals surface area contributed by atoms with Gasteiger partial charge in [-0.3, -0.25) is 4.99 Å². The van der Waals surface area contributed by atoms with Gasteiger partial charge in [-0.25, -0.2) is 0 Å². The Morgan fingerprint density at radius 2 is 2.16 bits per heavy atom. The van der Waals surface area contributed by atoms with Crippen LogP contribution < -0.4 is 10.6 Å². The number of nitrogens with zero attached hydrogens (tertiary/aromatic N) is 1. The molecule has 0 saturated carbocycles. The maximum absolute atomic E-state index is 4.70. The summed E-state index contributed by atoms with van der Waals surface area (Å²) in [7, 11) is 0. The van der Waals surface area contributed by atoms with Crippen molar-refractivity contribution in [1.82, 2.24) is 10.6 Å². The Hall–Kier alpha value is -1.25. The predicted octanol–water partition coefficient (Wildman–Crippen LogP) is 3.15. The molecule has 3 heteroatoms. The second kappa shape index (κ2) is 8.03. The molecule has 2 rings (SSSR count). The van der Waals surface area contributed by atoms with Gasteiger partial charge in [-0.2, -0.15) is 0 Å². The van der Waals surface area contributed by atoms with Gasteiger partial charge in [-0.1, -0.05) is 23.8 Å². The Bertz CT molecular complexity index is 347. The molecule has 0 atom stereocenters. The smallest absolute Gasteiger partial charge is 0.191 e. The van der Waals surface area contributed by atoms with Crippen molar-refractivity contribution in [3.8, 4) is 0 Å². The van der Waals surface area contributed by atoms with E-state index >= 15 is 0 Å². The van der Waals surface area contributed by atoms with Crippen LogP contribution in [0.15, 0.2) is 28.8 Å². The maximum Gasteiger partial charge on any atom is 0.191 e. The number of allylic oxidation sites excluding steroid dienone is 1. The highest BCUT2D eigenvalue weighted by Crippen LogP contribution is 2.19. The monoisotopic (exact) mass is 261 g/mol. The lowest BCUT2D eigenvalue weighted by atomic mass is 9.97. The minimum absolute atomic E-state index is 0.534. The number of nitrogens with one attached hydrogen (secondary N) is 2. The van der Waals surface area contributed by atoms with Gasteiger partial charge < -0.3 is 10.6 Å². The van der Waals surface area contributed by atoms with Gasteiger partial charge in [-0.15, -0.1) is 0 Å². The van der Waals surface area contributed by atoms with Gasteiger partial charge in [0.25, 0.3) is 0 Å². The van der Waals surface area contributed by atoms with Gasteiger partial charge in [0.2, 0.25) is 0 Å². The van der Waals surface area contributed by atoms with E-state index in [0.29, 0.717) is 6.04 Å². The van der Waals surface area contributed by atoms with Crippen LogP contribution in [0.25, 0.3) is 0 Å². The minimum atomic E-state index is 0.534. The molecule has 106 valence electrons. The van der Waals surface area contributed by atoms with Crippen molar-refractivity contribution in [2.75, 3.05) is 13.1 Å². The fraction of sp³-hybridized carbons (Fsp3) is 0.688. The normalized spacial score (nSPS) is 20.5. The van der Waals surface area contributed by atoms with Crippen LogP contribution in [0.4, 0.5) is 0 Å². The van der Waals surface area contributed by atoms with E-state index in [1.807, 2.05) is 0 Å². The summed E-state index contributed by atoms with van der Waals surface area (Å²) in [5.41, 5.74) is 1.60. The van der Waals surface area contributed by atoms with Crippen LogP contribution in [-0.4, -0.2) is 25.1 Å². The zero-order chi connectivity index (χ0) is 13.3. The molecule has 0 aliphatic heterocycles. The molecule has 0 amide bonds. The highest BCUT2D eigenvalue weighted by atomic mass is 15.2. The van der Waals surface area contributed by atoms with E-state index in [2.05, 4.69) is 35.8 Å². The van der Waals surface area contributed by atoms with Gasteiger partial charge >= 0.3 is 0 Å². The molecule has 0 saturated heterocycles. The van der Waals surface area contributed by atoms with Crippen LogP contribution in [0, 0.1) is 0 Å². The molecule has 19 heavy (non-hydrogen) atoms. The third kappa shape index (κ3) is 5.09. The van der Waals surface area contributed by atoms with E-state index in [0.717, 1.165) is 38.3 Å². The van der Waals surface area contributed by atoms with E-state index in [1.54, 1.807) is 5.57 Å². The molecule has 0 bridgehead atoms. The molecular weight excluding hydrogens is 234 g/mol. The summed E-state index contributed by atoms with van der Waals surface area (Å²) in [6, 6.07) is 0.534. The Morgan fingerprint density at radius 1 is 1.32 bits per heavy atom. The summed E-state index contributed by atoms with van der Waals surface area (Å²) < 4.78 is 0. The summed E-state index contributed by atoms with van der Waals surface area (Å²) in [6.45, 7) is 3.95. The molecule has 0 fully saturated rings. The Kier molecular flexibility index (Phi) is 5.99. The number of hydrogen-bond donors (Lipinski definition) is 2. The lowest BCUT2D eigenvalue weighted by molar-refractivity contribution is 0.631. The quantitative estimate of drug-likeness (QED) is 0.453. The second-order valence-electron chi connectivity index (χ2n) is 5.40. The van der Waals surface area contributed by atoms with Gasteiger partial charge in [0.05, 0.1) is 0 Å². The first kappa shape index (κ1) is 14.2. The van der Waals surface area contributed by atoms with E-state index in [9.17, 15) is 0 Å². The standard InChI is InChI=1S/C16H27N3/c1-2-17-16(19-15-10-6-7-11-15)18-13-12-14-8-4-3-5-9-14/h6-8,15H,2-5,9-13H2,1H3,(H2,17,18,19). The molecule has 2 aliphatic rings. The van der Waals surface area contributed by atoms with Crippen LogP contribution in [-0.2, 0) is 0 Å². The summed E-state index contributed by atoms with van der Waals surface area (Å²) >= 11 is 0. The number of hydrogen-bond acceptors (Lipinski definition) is 1. The minimum Gasteiger partial charge on any atom is -0.357 e. The van der Waals surface area contributed by atoms with Crippen molar-refractivity contribution in [3.63, 3.8) is 0 Å². The van der Waals surface area contributed by atoms with Crippen molar-refractivity contribution >= 4 is 5.96 Å². The average molecular weight is 261 g/mol. The molecule has 0 aromatic rings. The molecule has 0 spiro atoms. The molecule has 2 aliphatic carbocycles. The molecule has 0 aromatic heterocycles. The molecular formula is C16H27N3. The van der Waals surface area contributed by atoms with Gasteiger partial charge in [0.15, 0.2) is 5.96 Å². The van der Waals surface area contributed by atoms with Crippen molar-refractivity contribution in [2.45, 2.75) is 57.9 Å². The SMILES string of the molecule is CCNC(=NCCC1=CCCCC1)NC1CC=CC1. The molecule has 0 heterocycles. The number of guanidine groups is 1. The van der Waals surface area contributed by atoms with Crippen molar-refractivity contribution < 1.29 is 0 Å². The third-order valence-corrected chi connectivity index (χ3v) is 3.78. The molecule has 0 radical (unpaired) electrons. The first-order valence-corrected chi connectivity index (χ1v) is 7.76. The second-order valence-corrected chi connectivity index (χ2v) is 5.40. The molecule has 3 nitrogen and oxygen atoms in total. The van der Waals surface area contributed by atoms with Crippen molar-refractivity contribution in [2.24, 2.45) is 4.99 Å². The summed E-state index contributed by atoms with van der Waals surface area (Å²) in [6.07, 6.45) is 15.6. The third-order valence-electron chi connectivity index (χ3n) is 3.78. The lowest BCUT2D eigenvalue weighted by Crippen LogP contribution is -2.42. The fourth-order valence-corrected chi connectivity index (χ4v) is 2.69. The predicted molar refractivity (Wildman–Crippen MR) is 82.4 cm³/mol. The van der Waals surface area contributed by atoms with E-state index < -0.39 is 0 Å². The van der Waals surface area contributed by atoms with Crippen LogP contribution in [0.2, 0.25) is 0 Å². The lowest BCUT2D eigenvalue weighted by Gasteiger charge is -2.17. The van der Waals surface area contributed by atoms with Crippen molar-refractivity contribution in [1.29, 1.82) is 0 Å². The highest BCUT2D eigenvalue weighted by molar-refractivity contribution is 5.80. The Morgan fingerprint density at radius 3 is 2.84 bits per heavy atom. The number of aliphatic imine (C=N–C) groups is 1. The first-order valence-electron chi connectivity index (χ1n) is 7.76. The van der Waals surface area contributed by atoms with E-state index in [1.165, 1.54) is 25.7 Å².